The number of aliphatic carboxylic acids is 1. The van der Waals surface area contributed by atoms with Gasteiger partial charge in [-0.2, -0.15) is 0 Å². The lowest BCUT2D eigenvalue weighted by molar-refractivity contribution is -0.157. The zero-order valence-electron chi connectivity index (χ0n) is 33.8. The van der Waals surface area contributed by atoms with E-state index in [2.05, 4.69) is 30.5 Å². The molecule has 0 aromatic heterocycles. The fraction of sp³-hybridized carbons (Fsp3) is 0.786. The van der Waals surface area contributed by atoms with Gasteiger partial charge in [0.25, 0.3) is 0 Å². The van der Waals surface area contributed by atoms with Crippen molar-refractivity contribution in [1.82, 2.24) is 0 Å². The predicted octanol–water partition coefficient (Wildman–Crippen LogP) is 10.8. The van der Waals surface area contributed by atoms with Gasteiger partial charge < -0.3 is 25.2 Å². The Labute approximate surface area is 327 Å². The first-order valence-corrected chi connectivity index (χ1v) is 22.6. The lowest BCUT2D eigenvalue weighted by atomic mass is 10.1. The summed E-state index contributed by atoms with van der Waals surface area (Å²) in [5, 5.41) is 8.87. The topological polar surface area (TPSA) is 172 Å². The molecule has 0 rings (SSSR count). The van der Waals surface area contributed by atoms with Crippen LogP contribution in [-0.2, 0) is 37.5 Å². The van der Waals surface area contributed by atoms with Gasteiger partial charge in [0.15, 0.2) is 6.10 Å². The van der Waals surface area contributed by atoms with E-state index >= 15 is 0 Å². The standard InChI is InChI=1S/C42H76NO10P/c1-3-5-7-9-11-13-15-17-19-21-23-25-27-29-31-33-40(44)50-35-38(36-51-54(48,49)52-37-39(43)42(46)47)53-41(45)34-32-30-28-26-24-22-20-18-16-14-12-10-8-6-4-2/h23,25,28,30,32,34,38-39H,3-22,24,26-27,29,31,33,35-37,43H2,1-2H3,(H,46,47)(H,48,49)/b25-23+,30-28+,34-32+/t38-,39+/m1/s1. The predicted molar refractivity (Wildman–Crippen MR) is 217 cm³/mol. The van der Waals surface area contributed by atoms with Crippen LogP contribution in [0.3, 0.4) is 0 Å². The largest absolute Gasteiger partial charge is 0.480 e. The number of carbonyl (C=O) groups excluding carboxylic acids is 2. The first-order valence-electron chi connectivity index (χ1n) is 21.1. The SMILES string of the molecule is CCCCCCCCCCC/C=C/CCCCC(=O)OC[C@H](COP(=O)(O)OC[C@H](N)C(=O)O)OC(=O)/C=C/C=C/CCCCCCCCCCCCC. The normalized spacial score (nSPS) is 14.1. The summed E-state index contributed by atoms with van der Waals surface area (Å²) < 4.78 is 32.4. The van der Waals surface area contributed by atoms with Crippen LogP contribution in [0.5, 0.6) is 0 Å². The maximum atomic E-state index is 12.5. The number of carboxylic acids is 1. The molecule has 54 heavy (non-hydrogen) atoms. The highest BCUT2D eigenvalue weighted by Gasteiger charge is 2.27. The highest BCUT2D eigenvalue weighted by Crippen LogP contribution is 2.43. The van der Waals surface area contributed by atoms with Crippen LogP contribution in [0, 0.1) is 0 Å². The summed E-state index contributed by atoms with van der Waals surface area (Å²) in [5.74, 6) is -2.67. The molecule has 0 aromatic carbocycles. The Morgan fingerprint density at radius 1 is 0.611 bits per heavy atom. The van der Waals surface area contributed by atoms with Gasteiger partial charge in [-0.25, -0.2) is 9.36 Å². The van der Waals surface area contributed by atoms with Crippen molar-refractivity contribution in [2.75, 3.05) is 19.8 Å². The molecule has 0 bridgehead atoms. The highest BCUT2D eigenvalue weighted by molar-refractivity contribution is 7.47. The molecule has 0 fully saturated rings. The van der Waals surface area contributed by atoms with Crippen LogP contribution in [0.4, 0.5) is 0 Å². The van der Waals surface area contributed by atoms with Crippen LogP contribution in [0.15, 0.2) is 36.5 Å². The van der Waals surface area contributed by atoms with Crippen molar-refractivity contribution in [3.8, 4) is 0 Å². The molecule has 0 aromatic rings. The van der Waals surface area contributed by atoms with Crippen LogP contribution in [-0.4, -0.2) is 59.9 Å². The fourth-order valence-corrected chi connectivity index (χ4v) is 6.39. The van der Waals surface area contributed by atoms with E-state index in [0.29, 0.717) is 6.42 Å². The Kier molecular flexibility index (Phi) is 36.0. The van der Waals surface area contributed by atoms with Gasteiger partial charge in [-0.3, -0.25) is 18.6 Å². The molecule has 314 valence electrons. The number of rotatable bonds is 39. The number of carbonyl (C=O) groups is 3. The van der Waals surface area contributed by atoms with E-state index in [4.69, 9.17) is 24.8 Å². The Hall–Kier alpha value is -2.30. The van der Waals surface area contributed by atoms with E-state index in [1.807, 2.05) is 6.08 Å². The van der Waals surface area contributed by atoms with E-state index in [-0.39, 0.29) is 6.42 Å². The van der Waals surface area contributed by atoms with Gasteiger partial charge >= 0.3 is 25.7 Å². The van der Waals surface area contributed by atoms with Crippen LogP contribution >= 0.6 is 7.82 Å². The minimum Gasteiger partial charge on any atom is -0.480 e. The molecule has 0 heterocycles. The lowest BCUT2D eigenvalue weighted by Gasteiger charge is -2.19. The molecule has 11 nitrogen and oxygen atoms in total. The molecule has 0 saturated carbocycles. The second kappa shape index (κ2) is 37.6. The van der Waals surface area contributed by atoms with E-state index in [1.54, 1.807) is 12.2 Å². The molecular formula is C42H76NO10P. The van der Waals surface area contributed by atoms with Crippen molar-refractivity contribution in [2.24, 2.45) is 5.73 Å². The summed E-state index contributed by atoms with van der Waals surface area (Å²) in [6, 6.07) is -1.54. The van der Waals surface area contributed by atoms with Gasteiger partial charge in [0.05, 0.1) is 13.2 Å². The zero-order valence-corrected chi connectivity index (χ0v) is 34.7. The average Bonchev–Trinajstić information content (AvgIpc) is 3.14. The number of hydrogen-bond donors (Lipinski definition) is 3. The maximum absolute atomic E-state index is 12.5. The molecule has 0 aliphatic rings. The molecule has 4 N–H and O–H groups in total. The number of hydrogen-bond acceptors (Lipinski definition) is 9. The Bertz CT molecular complexity index is 1060. The van der Waals surface area contributed by atoms with Gasteiger partial charge in [0.2, 0.25) is 0 Å². The molecule has 0 aliphatic carbocycles. The molecule has 3 atom stereocenters. The van der Waals surface area contributed by atoms with E-state index < -0.39 is 57.7 Å². The Balaban J connectivity index is 4.51. The summed E-state index contributed by atoms with van der Waals surface area (Å²) in [6.45, 7) is 2.67. The summed E-state index contributed by atoms with van der Waals surface area (Å²) in [4.78, 5) is 45.7. The molecule has 0 amide bonds. The monoisotopic (exact) mass is 786 g/mol. The van der Waals surface area contributed by atoms with Gasteiger partial charge in [-0.15, -0.1) is 0 Å². The summed E-state index contributed by atoms with van der Waals surface area (Å²) in [7, 11) is -4.74. The number of phosphoric ester groups is 1. The number of allylic oxidation sites excluding steroid dienone is 5. The van der Waals surface area contributed by atoms with Crippen molar-refractivity contribution in [1.29, 1.82) is 0 Å². The third-order valence-electron chi connectivity index (χ3n) is 8.97. The summed E-state index contributed by atoms with van der Waals surface area (Å²) in [5.41, 5.74) is 5.32. The smallest absolute Gasteiger partial charge is 0.472 e. The quantitative estimate of drug-likeness (QED) is 0.0135. The minimum absolute atomic E-state index is 0.173. The van der Waals surface area contributed by atoms with Gasteiger partial charge in [-0.05, 0) is 44.9 Å². The lowest BCUT2D eigenvalue weighted by Crippen LogP contribution is -2.34. The fourth-order valence-electron chi connectivity index (χ4n) is 5.61. The first kappa shape index (κ1) is 51.7. The molecule has 1 unspecified atom stereocenters. The zero-order chi connectivity index (χ0) is 40.0. The van der Waals surface area contributed by atoms with Gasteiger partial charge in [-0.1, -0.05) is 160 Å². The first-order chi connectivity index (χ1) is 26.1. The van der Waals surface area contributed by atoms with Crippen LogP contribution in [0.2, 0.25) is 0 Å². The van der Waals surface area contributed by atoms with Crippen molar-refractivity contribution in [2.45, 2.75) is 193 Å². The van der Waals surface area contributed by atoms with E-state index in [9.17, 15) is 23.8 Å². The van der Waals surface area contributed by atoms with Crippen molar-refractivity contribution in [3.05, 3.63) is 36.5 Å². The van der Waals surface area contributed by atoms with Crippen LogP contribution in [0.1, 0.15) is 181 Å². The van der Waals surface area contributed by atoms with Crippen molar-refractivity contribution < 1.29 is 47.5 Å². The third kappa shape index (κ3) is 36.7. The number of esters is 2. The number of ether oxygens (including phenoxy) is 2. The highest BCUT2D eigenvalue weighted by atomic mass is 31.2. The number of unbranched alkanes of at least 4 members (excludes halogenated alkanes) is 22. The van der Waals surface area contributed by atoms with E-state index in [0.717, 1.165) is 32.1 Å². The Morgan fingerprint density at radius 3 is 1.56 bits per heavy atom. The van der Waals surface area contributed by atoms with Gasteiger partial charge in [0, 0.05) is 12.5 Å². The van der Waals surface area contributed by atoms with Crippen molar-refractivity contribution in [3.63, 3.8) is 0 Å². The molecule has 12 heteroatoms. The third-order valence-corrected chi connectivity index (χ3v) is 9.92. The molecule has 0 aliphatic heterocycles. The summed E-state index contributed by atoms with van der Waals surface area (Å²) in [6.07, 6.45) is 39.9. The summed E-state index contributed by atoms with van der Waals surface area (Å²) >= 11 is 0. The number of nitrogens with two attached hydrogens (primary N) is 1. The van der Waals surface area contributed by atoms with Crippen molar-refractivity contribution >= 4 is 25.7 Å². The minimum atomic E-state index is -4.74. The molecular weight excluding hydrogens is 709 g/mol. The maximum Gasteiger partial charge on any atom is 0.472 e. The van der Waals surface area contributed by atoms with Gasteiger partial charge in [0.1, 0.15) is 12.6 Å². The van der Waals surface area contributed by atoms with Crippen LogP contribution in [0.25, 0.3) is 0 Å². The Morgan fingerprint density at radius 2 is 1.06 bits per heavy atom. The number of phosphoric acid groups is 1. The molecule has 0 saturated heterocycles. The van der Waals surface area contributed by atoms with E-state index in [1.165, 1.54) is 128 Å². The van der Waals surface area contributed by atoms with Crippen LogP contribution < -0.4 is 5.73 Å². The second-order valence-electron chi connectivity index (χ2n) is 14.2. The average molecular weight is 786 g/mol. The number of carboxylic acid groups (broad SMARTS) is 1. The molecule has 0 spiro atoms. The second-order valence-corrected chi connectivity index (χ2v) is 15.6. The molecule has 0 radical (unpaired) electrons.